The van der Waals surface area contributed by atoms with E-state index in [0.29, 0.717) is 36.6 Å². The molecule has 8 heteroatoms. The second-order valence-electron chi connectivity index (χ2n) is 7.83. The molecule has 4 aromatic rings. The van der Waals surface area contributed by atoms with Gasteiger partial charge >= 0.3 is 5.97 Å². The molecule has 0 radical (unpaired) electrons. The minimum absolute atomic E-state index is 0.294. The first-order valence-electron chi connectivity index (χ1n) is 13.5. The summed E-state index contributed by atoms with van der Waals surface area (Å²) in [6.45, 7) is 12.6. The molecule has 0 unspecified atom stereocenters. The molecule has 2 heterocycles. The molecule has 0 aliphatic carbocycles. The molecule has 0 fully saturated rings. The third-order valence-corrected chi connectivity index (χ3v) is 5.20. The SMILES string of the molecule is CC.CC.CCCOCCNCc1cc(OC)ccc1C(=O)O.Nc1ccc(-c2cn3ccccc3n2)cc1. The number of nitrogens with one attached hydrogen (secondary N) is 1. The molecule has 212 valence electrons. The van der Waals surface area contributed by atoms with Crippen molar-refractivity contribution < 1.29 is 19.4 Å². The van der Waals surface area contributed by atoms with Crippen LogP contribution in [0.5, 0.6) is 5.75 Å². The summed E-state index contributed by atoms with van der Waals surface area (Å²) in [6.07, 6.45) is 5.00. The number of aromatic carboxylic acids is 1. The molecule has 0 spiro atoms. The Morgan fingerprint density at radius 3 is 2.36 bits per heavy atom. The van der Waals surface area contributed by atoms with Gasteiger partial charge in [-0.3, -0.25) is 0 Å². The summed E-state index contributed by atoms with van der Waals surface area (Å²) < 4.78 is 12.4. The lowest BCUT2D eigenvalue weighted by atomic mass is 10.1. The molecule has 4 rings (SSSR count). The van der Waals surface area contributed by atoms with Gasteiger partial charge in [0.2, 0.25) is 0 Å². The normalized spacial score (nSPS) is 9.79. The Balaban J connectivity index is 0.000000348. The lowest BCUT2D eigenvalue weighted by Crippen LogP contribution is -2.21. The van der Waals surface area contributed by atoms with Crippen LogP contribution in [-0.4, -0.2) is 47.3 Å². The lowest BCUT2D eigenvalue weighted by molar-refractivity contribution is 0.0695. The Hall–Kier alpha value is -3.88. The Morgan fingerprint density at radius 2 is 1.74 bits per heavy atom. The molecule has 4 N–H and O–H groups in total. The molecule has 0 atom stereocenters. The molecule has 0 saturated heterocycles. The summed E-state index contributed by atoms with van der Waals surface area (Å²) >= 11 is 0. The van der Waals surface area contributed by atoms with E-state index < -0.39 is 5.97 Å². The topological polar surface area (TPSA) is 111 Å². The van der Waals surface area contributed by atoms with Gasteiger partial charge in [0.1, 0.15) is 11.4 Å². The molecule has 0 aliphatic rings. The second-order valence-corrected chi connectivity index (χ2v) is 7.83. The van der Waals surface area contributed by atoms with Crippen molar-refractivity contribution in [2.45, 2.75) is 47.6 Å². The lowest BCUT2D eigenvalue weighted by Gasteiger charge is -2.10. The molecule has 8 nitrogen and oxygen atoms in total. The van der Waals surface area contributed by atoms with Crippen molar-refractivity contribution in [3.63, 3.8) is 0 Å². The Kier molecular flexibility index (Phi) is 16.3. The van der Waals surface area contributed by atoms with Crippen LogP contribution in [-0.2, 0) is 11.3 Å². The summed E-state index contributed by atoms with van der Waals surface area (Å²) in [4.78, 5) is 15.6. The predicted molar refractivity (Wildman–Crippen MR) is 161 cm³/mol. The van der Waals surface area contributed by atoms with Gasteiger partial charge in [0.25, 0.3) is 0 Å². The molecule has 0 bridgehead atoms. The van der Waals surface area contributed by atoms with Crippen LogP contribution in [0.1, 0.15) is 57.0 Å². The number of nitrogens with zero attached hydrogens (tertiary/aromatic N) is 2. The van der Waals surface area contributed by atoms with Crippen molar-refractivity contribution >= 4 is 17.3 Å². The number of aromatic nitrogens is 2. The van der Waals surface area contributed by atoms with Gasteiger partial charge < -0.3 is 30.0 Å². The number of imidazole rings is 1. The van der Waals surface area contributed by atoms with Crippen LogP contribution in [0, 0.1) is 0 Å². The van der Waals surface area contributed by atoms with E-state index >= 15 is 0 Å². The number of fused-ring (bicyclic) bond motifs is 1. The van der Waals surface area contributed by atoms with Gasteiger partial charge in [0, 0.05) is 43.3 Å². The molecule has 0 amide bonds. The highest BCUT2D eigenvalue weighted by atomic mass is 16.5. The minimum Gasteiger partial charge on any atom is -0.497 e. The third kappa shape index (κ3) is 11.2. The first-order chi connectivity index (χ1) is 19.0. The zero-order valence-electron chi connectivity index (χ0n) is 24.1. The van der Waals surface area contributed by atoms with E-state index in [2.05, 4.69) is 17.2 Å². The number of anilines is 1. The van der Waals surface area contributed by atoms with Crippen LogP contribution in [0.15, 0.2) is 73.1 Å². The maximum atomic E-state index is 11.1. The van der Waals surface area contributed by atoms with E-state index in [4.69, 9.17) is 20.3 Å². The Bertz CT molecular complexity index is 1190. The van der Waals surface area contributed by atoms with Gasteiger partial charge in [-0.15, -0.1) is 0 Å². The van der Waals surface area contributed by atoms with Crippen LogP contribution in [0.2, 0.25) is 0 Å². The first kappa shape index (κ1) is 33.1. The van der Waals surface area contributed by atoms with E-state index in [1.807, 2.05) is 87.0 Å². The molecule has 2 aromatic carbocycles. The third-order valence-electron chi connectivity index (χ3n) is 5.20. The molecular formula is C31H44N4O4. The number of carboxylic acid groups (broad SMARTS) is 1. The van der Waals surface area contributed by atoms with Gasteiger partial charge in [-0.25, -0.2) is 9.78 Å². The van der Waals surface area contributed by atoms with Crippen molar-refractivity contribution in [2.75, 3.05) is 32.6 Å². The summed E-state index contributed by atoms with van der Waals surface area (Å²) in [5, 5.41) is 12.3. The highest BCUT2D eigenvalue weighted by Gasteiger charge is 2.10. The fraction of sp³-hybridized carbons (Fsp3) is 0.355. The number of hydrogen-bond acceptors (Lipinski definition) is 6. The number of benzene rings is 2. The Labute approximate surface area is 232 Å². The fourth-order valence-electron chi connectivity index (χ4n) is 3.39. The zero-order chi connectivity index (χ0) is 29.0. The monoisotopic (exact) mass is 536 g/mol. The second kappa shape index (κ2) is 19.2. The number of pyridine rings is 1. The average Bonchev–Trinajstić information content (AvgIpc) is 3.42. The largest absolute Gasteiger partial charge is 0.497 e. The van der Waals surface area contributed by atoms with E-state index in [9.17, 15) is 4.79 Å². The number of hydrogen-bond donors (Lipinski definition) is 3. The zero-order valence-corrected chi connectivity index (χ0v) is 24.1. The van der Waals surface area contributed by atoms with E-state index in [1.54, 1.807) is 25.3 Å². The van der Waals surface area contributed by atoms with Crippen LogP contribution < -0.4 is 15.8 Å². The Morgan fingerprint density at radius 1 is 1.03 bits per heavy atom. The average molecular weight is 537 g/mol. The smallest absolute Gasteiger partial charge is 0.336 e. The summed E-state index contributed by atoms with van der Waals surface area (Å²) in [6, 6.07) is 18.6. The van der Waals surface area contributed by atoms with Gasteiger partial charge in [-0.05, 0) is 54.4 Å². The quantitative estimate of drug-likeness (QED) is 0.156. The molecular weight excluding hydrogens is 492 g/mol. The van der Waals surface area contributed by atoms with Crippen molar-refractivity contribution in [1.29, 1.82) is 0 Å². The fourth-order valence-corrected chi connectivity index (χ4v) is 3.39. The van der Waals surface area contributed by atoms with Gasteiger partial charge in [0.05, 0.1) is 25.0 Å². The molecule has 2 aromatic heterocycles. The predicted octanol–water partition coefficient (Wildman–Crippen LogP) is 6.55. The maximum Gasteiger partial charge on any atom is 0.336 e. The number of rotatable bonds is 10. The number of nitrogens with two attached hydrogens (primary N) is 1. The first-order valence-corrected chi connectivity index (χ1v) is 13.5. The number of carbonyl (C=O) groups is 1. The number of methoxy groups -OCH3 is 1. The van der Waals surface area contributed by atoms with Crippen LogP contribution in [0.3, 0.4) is 0 Å². The van der Waals surface area contributed by atoms with Crippen molar-refractivity contribution in [2.24, 2.45) is 0 Å². The van der Waals surface area contributed by atoms with Gasteiger partial charge in [-0.2, -0.15) is 0 Å². The van der Waals surface area contributed by atoms with E-state index in [1.165, 1.54) is 0 Å². The standard InChI is InChI=1S/C14H21NO4.C13H11N3.2C2H6/c1-3-7-19-8-6-15-10-11-9-12(18-2)4-5-13(11)14(16)17;14-11-6-4-10(5-7-11)12-9-16-8-2-1-3-13(16)15-12;2*1-2/h4-5,9,15H,3,6-8,10H2,1-2H3,(H,16,17);1-9H,14H2;2*1-2H3. The maximum absolute atomic E-state index is 11.1. The van der Waals surface area contributed by atoms with E-state index in [0.717, 1.165) is 35.6 Å². The number of ether oxygens (including phenoxy) is 2. The van der Waals surface area contributed by atoms with Crippen molar-refractivity contribution in [3.05, 3.63) is 84.2 Å². The highest BCUT2D eigenvalue weighted by Crippen LogP contribution is 2.20. The van der Waals surface area contributed by atoms with Crippen LogP contribution >= 0.6 is 0 Å². The highest BCUT2D eigenvalue weighted by molar-refractivity contribution is 5.89. The van der Waals surface area contributed by atoms with Crippen LogP contribution in [0.4, 0.5) is 5.69 Å². The minimum atomic E-state index is -0.929. The van der Waals surface area contributed by atoms with Crippen molar-refractivity contribution in [1.82, 2.24) is 14.7 Å². The molecule has 0 saturated carbocycles. The summed E-state index contributed by atoms with van der Waals surface area (Å²) in [5.41, 5.74) is 10.4. The van der Waals surface area contributed by atoms with E-state index in [-0.39, 0.29) is 0 Å². The number of carboxylic acids is 1. The number of nitrogen functional groups attached to an aromatic ring is 1. The van der Waals surface area contributed by atoms with Crippen LogP contribution in [0.25, 0.3) is 16.9 Å². The van der Waals surface area contributed by atoms with Crippen molar-refractivity contribution in [3.8, 4) is 17.0 Å². The molecule has 0 aliphatic heterocycles. The van der Waals surface area contributed by atoms with Gasteiger partial charge in [0.15, 0.2) is 0 Å². The van der Waals surface area contributed by atoms with Gasteiger partial charge in [-0.1, -0.05) is 52.8 Å². The summed E-state index contributed by atoms with van der Waals surface area (Å²) in [7, 11) is 1.56. The molecule has 39 heavy (non-hydrogen) atoms. The summed E-state index contributed by atoms with van der Waals surface area (Å²) in [5.74, 6) is -0.272.